The molecule has 0 bridgehead atoms. The minimum Gasteiger partial charge on any atom is -0.310 e. The zero-order valence-electron chi connectivity index (χ0n) is 12.6. The second kappa shape index (κ2) is 7.86. The lowest BCUT2D eigenvalue weighted by Crippen LogP contribution is -2.19. The normalized spacial score (nSPS) is 12.3. The molecular weight excluding hydrogens is 242 g/mol. The van der Waals surface area contributed by atoms with Crippen molar-refractivity contribution in [1.29, 1.82) is 0 Å². The SMILES string of the molecule is Cc1ccc([C@H](C)NCCCCc2ccccc2)cc1. The molecule has 0 saturated heterocycles. The van der Waals surface area contributed by atoms with Crippen LogP contribution in [0.1, 0.15) is 42.5 Å². The van der Waals surface area contributed by atoms with E-state index in [2.05, 4.69) is 73.8 Å². The van der Waals surface area contributed by atoms with E-state index in [9.17, 15) is 0 Å². The molecule has 1 heteroatoms. The highest BCUT2D eigenvalue weighted by Crippen LogP contribution is 2.13. The summed E-state index contributed by atoms with van der Waals surface area (Å²) in [4.78, 5) is 0. The Bertz CT molecular complexity index is 487. The van der Waals surface area contributed by atoms with E-state index in [-0.39, 0.29) is 0 Å². The maximum absolute atomic E-state index is 3.60. The van der Waals surface area contributed by atoms with E-state index in [4.69, 9.17) is 0 Å². The van der Waals surface area contributed by atoms with Crippen LogP contribution in [0.4, 0.5) is 0 Å². The van der Waals surface area contributed by atoms with Crippen LogP contribution < -0.4 is 5.32 Å². The summed E-state index contributed by atoms with van der Waals surface area (Å²) in [5.74, 6) is 0. The molecule has 2 rings (SSSR count). The van der Waals surface area contributed by atoms with Crippen LogP contribution in [-0.4, -0.2) is 6.54 Å². The highest BCUT2D eigenvalue weighted by molar-refractivity contribution is 5.23. The molecule has 0 radical (unpaired) electrons. The summed E-state index contributed by atoms with van der Waals surface area (Å²) < 4.78 is 0. The van der Waals surface area contributed by atoms with Crippen molar-refractivity contribution in [2.24, 2.45) is 0 Å². The highest BCUT2D eigenvalue weighted by atomic mass is 14.9. The Labute approximate surface area is 123 Å². The van der Waals surface area contributed by atoms with Gasteiger partial charge in [-0.05, 0) is 50.8 Å². The largest absolute Gasteiger partial charge is 0.310 e. The Morgan fingerprint density at radius 2 is 1.60 bits per heavy atom. The third kappa shape index (κ3) is 4.82. The minimum absolute atomic E-state index is 0.437. The van der Waals surface area contributed by atoms with E-state index in [1.165, 1.54) is 36.0 Å². The average Bonchev–Trinajstić information content (AvgIpc) is 2.48. The molecule has 0 aliphatic carbocycles. The topological polar surface area (TPSA) is 12.0 Å². The Morgan fingerprint density at radius 1 is 0.900 bits per heavy atom. The van der Waals surface area contributed by atoms with Crippen LogP contribution >= 0.6 is 0 Å². The van der Waals surface area contributed by atoms with E-state index >= 15 is 0 Å². The molecule has 1 atom stereocenters. The number of unbranched alkanes of at least 4 members (excludes halogenated alkanes) is 1. The summed E-state index contributed by atoms with van der Waals surface area (Å²) in [5.41, 5.74) is 4.14. The average molecular weight is 267 g/mol. The fourth-order valence-corrected chi connectivity index (χ4v) is 2.39. The highest BCUT2D eigenvalue weighted by Gasteiger charge is 2.03. The van der Waals surface area contributed by atoms with Gasteiger partial charge in [-0.1, -0.05) is 60.2 Å². The van der Waals surface area contributed by atoms with Gasteiger partial charge in [-0.25, -0.2) is 0 Å². The maximum Gasteiger partial charge on any atom is 0.0291 e. The van der Waals surface area contributed by atoms with Crippen LogP contribution in [0.5, 0.6) is 0 Å². The summed E-state index contributed by atoms with van der Waals surface area (Å²) in [6.45, 7) is 5.45. The standard InChI is InChI=1S/C19H25N/c1-16-11-13-19(14-12-16)17(2)20-15-7-6-10-18-8-4-3-5-9-18/h3-5,8-9,11-14,17,20H,6-7,10,15H2,1-2H3/t17-/m0/s1. The number of hydrogen-bond donors (Lipinski definition) is 1. The molecule has 2 aromatic carbocycles. The smallest absolute Gasteiger partial charge is 0.0291 e. The van der Waals surface area contributed by atoms with Crippen molar-refractivity contribution in [2.75, 3.05) is 6.54 Å². The molecule has 0 spiro atoms. The van der Waals surface area contributed by atoms with Crippen molar-refractivity contribution >= 4 is 0 Å². The monoisotopic (exact) mass is 267 g/mol. The molecule has 106 valence electrons. The Morgan fingerprint density at radius 3 is 2.30 bits per heavy atom. The zero-order valence-corrected chi connectivity index (χ0v) is 12.6. The van der Waals surface area contributed by atoms with Gasteiger partial charge in [-0.3, -0.25) is 0 Å². The second-order valence-electron chi connectivity index (χ2n) is 5.53. The van der Waals surface area contributed by atoms with Crippen molar-refractivity contribution in [3.8, 4) is 0 Å². The Kier molecular flexibility index (Phi) is 5.82. The van der Waals surface area contributed by atoms with E-state index in [0.29, 0.717) is 6.04 Å². The van der Waals surface area contributed by atoms with Gasteiger partial charge in [0.25, 0.3) is 0 Å². The van der Waals surface area contributed by atoms with Crippen LogP contribution in [0, 0.1) is 6.92 Å². The van der Waals surface area contributed by atoms with Crippen LogP contribution in [-0.2, 0) is 6.42 Å². The van der Waals surface area contributed by atoms with Crippen molar-refractivity contribution < 1.29 is 0 Å². The first kappa shape index (κ1) is 14.8. The quantitative estimate of drug-likeness (QED) is 0.719. The fourth-order valence-electron chi connectivity index (χ4n) is 2.39. The minimum atomic E-state index is 0.437. The van der Waals surface area contributed by atoms with E-state index in [0.717, 1.165) is 6.54 Å². The van der Waals surface area contributed by atoms with Gasteiger partial charge in [0.15, 0.2) is 0 Å². The first-order chi connectivity index (χ1) is 9.75. The summed E-state index contributed by atoms with van der Waals surface area (Å²) in [5, 5.41) is 3.60. The molecule has 0 aromatic heterocycles. The van der Waals surface area contributed by atoms with E-state index < -0.39 is 0 Å². The molecule has 0 aliphatic heterocycles. The lowest BCUT2D eigenvalue weighted by atomic mass is 10.1. The summed E-state index contributed by atoms with van der Waals surface area (Å²) >= 11 is 0. The molecule has 1 N–H and O–H groups in total. The third-order valence-electron chi connectivity index (χ3n) is 3.76. The number of benzene rings is 2. The van der Waals surface area contributed by atoms with Crippen LogP contribution in [0.2, 0.25) is 0 Å². The molecule has 0 unspecified atom stereocenters. The van der Waals surface area contributed by atoms with Crippen molar-refractivity contribution in [3.63, 3.8) is 0 Å². The number of nitrogens with one attached hydrogen (secondary N) is 1. The Hall–Kier alpha value is -1.60. The maximum atomic E-state index is 3.60. The van der Waals surface area contributed by atoms with Gasteiger partial charge < -0.3 is 5.32 Å². The predicted molar refractivity (Wildman–Crippen MR) is 87.0 cm³/mol. The van der Waals surface area contributed by atoms with Crippen molar-refractivity contribution in [3.05, 3.63) is 71.3 Å². The molecule has 2 aromatic rings. The first-order valence-corrected chi connectivity index (χ1v) is 7.59. The number of rotatable bonds is 7. The van der Waals surface area contributed by atoms with Gasteiger partial charge in [0.05, 0.1) is 0 Å². The summed E-state index contributed by atoms with van der Waals surface area (Å²) in [6, 6.07) is 20.0. The van der Waals surface area contributed by atoms with Crippen molar-refractivity contribution in [2.45, 2.75) is 39.2 Å². The van der Waals surface area contributed by atoms with Gasteiger partial charge in [0.2, 0.25) is 0 Å². The predicted octanol–water partition coefficient (Wildman–Crippen LogP) is 4.67. The van der Waals surface area contributed by atoms with E-state index in [1.807, 2.05) is 0 Å². The molecule has 0 heterocycles. The van der Waals surface area contributed by atoms with Gasteiger partial charge >= 0.3 is 0 Å². The molecular formula is C19H25N. The molecule has 0 fully saturated rings. The van der Waals surface area contributed by atoms with Crippen molar-refractivity contribution in [1.82, 2.24) is 5.32 Å². The van der Waals surface area contributed by atoms with Crippen LogP contribution in [0.3, 0.4) is 0 Å². The molecule has 0 saturated carbocycles. The van der Waals surface area contributed by atoms with Gasteiger partial charge in [0.1, 0.15) is 0 Å². The third-order valence-corrected chi connectivity index (χ3v) is 3.76. The van der Waals surface area contributed by atoms with Gasteiger partial charge in [0, 0.05) is 6.04 Å². The van der Waals surface area contributed by atoms with Crippen LogP contribution in [0.15, 0.2) is 54.6 Å². The van der Waals surface area contributed by atoms with Gasteiger partial charge in [-0.15, -0.1) is 0 Å². The number of aryl methyl sites for hydroxylation is 2. The first-order valence-electron chi connectivity index (χ1n) is 7.59. The molecule has 0 amide bonds. The lowest BCUT2D eigenvalue weighted by Gasteiger charge is -2.14. The molecule has 1 nitrogen and oxygen atoms in total. The molecule has 0 aliphatic rings. The van der Waals surface area contributed by atoms with Crippen LogP contribution in [0.25, 0.3) is 0 Å². The van der Waals surface area contributed by atoms with Gasteiger partial charge in [-0.2, -0.15) is 0 Å². The fraction of sp³-hybridized carbons (Fsp3) is 0.368. The zero-order chi connectivity index (χ0) is 14.2. The summed E-state index contributed by atoms with van der Waals surface area (Å²) in [6.07, 6.45) is 3.66. The molecule has 20 heavy (non-hydrogen) atoms. The van der Waals surface area contributed by atoms with E-state index in [1.54, 1.807) is 0 Å². The number of hydrogen-bond acceptors (Lipinski definition) is 1. The lowest BCUT2D eigenvalue weighted by molar-refractivity contribution is 0.546. The Balaban J connectivity index is 1.64. The second-order valence-corrected chi connectivity index (χ2v) is 5.53. The summed E-state index contributed by atoms with van der Waals surface area (Å²) in [7, 11) is 0.